The number of allylic oxidation sites excluding steroid dienone is 2. The van der Waals surface area contributed by atoms with E-state index in [4.69, 9.17) is 0 Å². The van der Waals surface area contributed by atoms with Gasteiger partial charge < -0.3 is 5.11 Å². The predicted molar refractivity (Wildman–Crippen MR) is 147 cm³/mol. The molecule has 4 saturated carbocycles. The first-order chi connectivity index (χ1) is 15.8. The molecule has 194 valence electrons. The molecule has 0 heterocycles. The van der Waals surface area contributed by atoms with Gasteiger partial charge in [0.15, 0.2) is 0 Å². The van der Waals surface area contributed by atoms with Gasteiger partial charge in [0.2, 0.25) is 0 Å². The highest BCUT2D eigenvalue weighted by Crippen LogP contribution is 2.71. The summed E-state index contributed by atoms with van der Waals surface area (Å²) in [6.45, 7) is 21.7. The average molecular weight is 469 g/mol. The van der Waals surface area contributed by atoms with Crippen molar-refractivity contribution in [1.82, 2.24) is 0 Å². The van der Waals surface area contributed by atoms with E-state index in [0.29, 0.717) is 27.6 Å². The molecule has 0 amide bonds. The molecule has 0 aromatic rings. The van der Waals surface area contributed by atoms with Crippen LogP contribution in [0.1, 0.15) is 127 Å². The number of hydrogen-bond donors (Lipinski definition) is 1. The molecule has 0 aromatic heterocycles. The highest BCUT2D eigenvalue weighted by atomic mass is 16.3. The highest BCUT2D eigenvalue weighted by molar-refractivity contribution is 5.28. The number of rotatable bonds is 0. The molecule has 34 heavy (non-hydrogen) atoms. The number of hydrogen-bond acceptors (Lipinski definition) is 1. The van der Waals surface area contributed by atoms with Gasteiger partial charge in [0, 0.05) is 0 Å². The monoisotopic (exact) mass is 468 g/mol. The first-order valence-corrected chi connectivity index (χ1v) is 14.5. The van der Waals surface area contributed by atoms with Crippen molar-refractivity contribution in [2.45, 2.75) is 133 Å². The van der Waals surface area contributed by atoms with Gasteiger partial charge >= 0.3 is 0 Å². The Kier molecular flexibility index (Phi) is 7.61. The minimum absolute atomic E-state index is 0.0663. The minimum atomic E-state index is -0.116. The van der Waals surface area contributed by atoms with Gasteiger partial charge in [-0.15, -0.1) is 12.8 Å². The first-order valence-electron chi connectivity index (χ1n) is 14.5. The zero-order valence-corrected chi connectivity index (χ0v) is 24.1. The zero-order chi connectivity index (χ0) is 25.7. The SMILES string of the molecule is C#C.CC.CC1(C)CC[C@]2(C)CCC3C(=CCC4[C@@]3(C)CCC3C(C)(C)[C@@H](O)CC[C@@]34C)[C@@H]2C1. The third-order valence-electron chi connectivity index (χ3n) is 12.2. The van der Waals surface area contributed by atoms with Crippen LogP contribution in [0, 0.1) is 63.6 Å². The van der Waals surface area contributed by atoms with E-state index in [1.165, 1.54) is 57.8 Å². The molecule has 1 N–H and O–H groups in total. The lowest BCUT2D eigenvalue weighted by Gasteiger charge is -2.68. The lowest BCUT2D eigenvalue weighted by molar-refractivity contribution is -0.185. The lowest BCUT2D eigenvalue weighted by Crippen LogP contribution is -2.61. The van der Waals surface area contributed by atoms with Gasteiger partial charge in [-0.1, -0.05) is 74.0 Å². The number of terminal acetylenes is 1. The molecule has 3 unspecified atom stereocenters. The largest absolute Gasteiger partial charge is 0.393 e. The lowest BCUT2D eigenvalue weighted by atomic mass is 9.37. The van der Waals surface area contributed by atoms with Crippen LogP contribution in [0.3, 0.4) is 0 Å². The van der Waals surface area contributed by atoms with Crippen LogP contribution in [-0.2, 0) is 0 Å². The molecule has 5 aliphatic rings. The van der Waals surface area contributed by atoms with E-state index < -0.39 is 0 Å². The van der Waals surface area contributed by atoms with Crippen LogP contribution in [0.4, 0.5) is 0 Å². The Morgan fingerprint density at radius 1 is 0.735 bits per heavy atom. The van der Waals surface area contributed by atoms with Crippen LogP contribution in [-0.4, -0.2) is 11.2 Å². The van der Waals surface area contributed by atoms with E-state index in [-0.39, 0.29) is 11.5 Å². The normalized spacial score (nSPS) is 48.0. The Bertz CT molecular complexity index is 786. The summed E-state index contributed by atoms with van der Waals surface area (Å²) in [5.74, 6) is 3.11. The maximum atomic E-state index is 10.8. The van der Waals surface area contributed by atoms with Crippen LogP contribution in [0.2, 0.25) is 0 Å². The maximum absolute atomic E-state index is 10.8. The maximum Gasteiger partial charge on any atom is 0.0594 e. The first kappa shape index (κ1) is 27.8. The summed E-state index contributed by atoms with van der Waals surface area (Å²) >= 11 is 0. The molecule has 5 rings (SSSR count). The van der Waals surface area contributed by atoms with Gasteiger partial charge in [0.1, 0.15) is 0 Å². The Hall–Kier alpha value is -0.740. The predicted octanol–water partition coefficient (Wildman–Crippen LogP) is 9.05. The molecule has 0 saturated heterocycles. The fourth-order valence-corrected chi connectivity index (χ4v) is 10.2. The highest BCUT2D eigenvalue weighted by Gasteiger charge is 2.64. The molecule has 1 heteroatoms. The number of aliphatic hydroxyl groups excluding tert-OH is 1. The van der Waals surface area contributed by atoms with E-state index in [1.807, 2.05) is 19.4 Å². The summed E-state index contributed by atoms with van der Waals surface area (Å²) in [6, 6.07) is 0. The Morgan fingerprint density at radius 3 is 2.00 bits per heavy atom. The van der Waals surface area contributed by atoms with Crippen molar-refractivity contribution in [3.05, 3.63) is 11.6 Å². The molecule has 1 nitrogen and oxygen atoms in total. The molecular weight excluding hydrogens is 412 g/mol. The zero-order valence-electron chi connectivity index (χ0n) is 24.1. The summed E-state index contributed by atoms with van der Waals surface area (Å²) in [4.78, 5) is 0. The van der Waals surface area contributed by atoms with Crippen molar-refractivity contribution in [2.24, 2.45) is 50.7 Å². The Balaban J connectivity index is 0.000000771. The van der Waals surface area contributed by atoms with Crippen molar-refractivity contribution >= 4 is 0 Å². The summed E-state index contributed by atoms with van der Waals surface area (Å²) in [7, 11) is 0. The van der Waals surface area contributed by atoms with Gasteiger partial charge in [-0.25, -0.2) is 0 Å². The molecule has 4 fully saturated rings. The molecule has 0 aliphatic heterocycles. The van der Waals surface area contributed by atoms with E-state index in [9.17, 15) is 5.11 Å². The quantitative estimate of drug-likeness (QED) is 0.278. The fourth-order valence-electron chi connectivity index (χ4n) is 10.2. The van der Waals surface area contributed by atoms with E-state index in [0.717, 1.165) is 24.2 Å². The standard InChI is InChI=1S/C29H48O.C2H6.C2H2/c1-25(2)16-17-27(5)13-10-20-19(21(27)18-25)8-9-23-28(20,6)14-11-22-26(3,4)24(30)12-15-29(22,23)7;2*1-2/h8,20-24,30H,9-18H2,1-7H3;1-2H3;1-2H/t20?,21-,22?,23?,24-,27-,28-,29-;;/m0../s1. The third-order valence-corrected chi connectivity index (χ3v) is 12.2. The van der Waals surface area contributed by atoms with Crippen LogP contribution >= 0.6 is 0 Å². The van der Waals surface area contributed by atoms with Crippen molar-refractivity contribution in [1.29, 1.82) is 0 Å². The van der Waals surface area contributed by atoms with Gasteiger partial charge in [-0.3, -0.25) is 0 Å². The average Bonchev–Trinajstić information content (AvgIpc) is 2.79. The van der Waals surface area contributed by atoms with Crippen molar-refractivity contribution in [3.63, 3.8) is 0 Å². The summed E-state index contributed by atoms with van der Waals surface area (Å²) in [6.07, 6.45) is 24.0. The van der Waals surface area contributed by atoms with Gasteiger partial charge in [0.05, 0.1) is 6.10 Å². The summed E-state index contributed by atoms with van der Waals surface area (Å²) in [5, 5.41) is 10.8. The summed E-state index contributed by atoms with van der Waals surface area (Å²) < 4.78 is 0. The van der Waals surface area contributed by atoms with E-state index in [2.05, 4.69) is 67.4 Å². The Labute approximate surface area is 213 Å². The molecule has 0 bridgehead atoms. The van der Waals surface area contributed by atoms with Crippen LogP contribution in [0.15, 0.2) is 11.6 Å². The number of fused-ring (bicyclic) bond motifs is 7. The molecule has 8 atom stereocenters. The molecule has 0 spiro atoms. The smallest absolute Gasteiger partial charge is 0.0594 e. The van der Waals surface area contributed by atoms with Crippen molar-refractivity contribution in [3.8, 4) is 12.8 Å². The molecule has 0 radical (unpaired) electrons. The molecule has 0 aromatic carbocycles. The van der Waals surface area contributed by atoms with Gasteiger partial charge in [-0.05, 0) is 115 Å². The van der Waals surface area contributed by atoms with Gasteiger partial charge in [0.25, 0.3) is 0 Å². The second-order valence-corrected chi connectivity index (χ2v) is 14.6. The van der Waals surface area contributed by atoms with E-state index >= 15 is 0 Å². The third kappa shape index (κ3) is 4.03. The summed E-state index contributed by atoms with van der Waals surface area (Å²) in [5.41, 5.74) is 3.89. The van der Waals surface area contributed by atoms with Crippen molar-refractivity contribution < 1.29 is 5.11 Å². The molecule has 5 aliphatic carbocycles. The van der Waals surface area contributed by atoms with E-state index in [1.54, 1.807) is 0 Å². The van der Waals surface area contributed by atoms with Crippen molar-refractivity contribution in [2.75, 3.05) is 0 Å². The van der Waals surface area contributed by atoms with Crippen LogP contribution in [0.5, 0.6) is 0 Å². The molecular formula is C33H56O. The van der Waals surface area contributed by atoms with Crippen LogP contribution in [0.25, 0.3) is 0 Å². The topological polar surface area (TPSA) is 20.2 Å². The fraction of sp³-hybridized carbons (Fsp3) is 0.879. The second kappa shape index (κ2) is 9.29. The number of aliphatic hydroxyl groups is 1. The van der Waals surface area contributed by atoms with Gasteiger partial charge in [-0.2, -0.15) is 0 Å². The van der Waals surface area contributed by atoms with Crippen LogP contribution < -0.4 is 0 Å². The second-order valence-electron chi connectivity index (χ2n) is 14.6. The minimum Gasteiger partial charge on any atom is -0.393 e. The Morgan fingerprint density at radius 2 is 1.35 bits per heavy atom.